The third kappa shape index (κ3) is 8.99. The number of amides is 4. The first kappa shape index (κ1) is 38.2. The van der Waals surface area contributed by atoms with E-state index >= 15 is 0 Å². The Kier molecular flexibility index (Phi) is 12.2. The number of nitrogens with zero attached hydrogens (tertiary/aromatic N) is 4. The molecule has 0 aliphatic carbocycles. The zero-order valence-electron chi connectivity index (χ0n) is 31.2. The number of imidazole rings is 2. The van der Waals surface area contributed by atoms with Gasteiger partial charge in [-0.15, -0.1) is 0 Å². The molecule has 2 saturated heterocycles. The summed E-state index contributed by atoms with van der Waals surface area (Å²) in [5, 5.41) is 5.35. The quantitative estimate of drug-likeness (QED) is 0.173. The molecule has 55 heavy (non-hydrogen) atoms. The molecular weight excluding hydrogens is 701 g/mol. The second-order valence-electron chi connectivity index (χ2n) is 13.6. The highest BCUT2D eigenvalue weighted by molar-refractivity contribution is 5.88. The molecule has 0 spiro atoms. The SMILES string of the molecule is COC(=O)N[C@H](C(=O)N1CCC[C@H]1c1nc(-c2ccc(C#CC#Cc3c[nH]c([C@@H]4CCCN4C(=O)[C@H](NC(=O)OC)c4ccccc4)n3)cc2)c[nH]1)C(C)C. The van der Waals surface area contributed by atoms with Gasteiger partial charge in [-0.05, 0) is 67.1 Å². The monoisotopic (exact) mass is 744 g/mol. The van der Waals surface area contributed by atoms with Crippen molar-refractivity contribution in [1.29, 1.82) is 0 Å². The van der Waals surface area contributed by atoms with E-state index < -0.39 is 24.3 Å². The largest absolute Gasteiger partial charge is 0.453 e. The van der Waals surface area contributed by atoms with E-state index in [1.54, 1.807) is 28.1 Å². The summed E-state index contributed by atoms with van der Waals surface area (Å²) in [6.07, 6.45) is 5.31. The van der Waals surface area contributed by atoms with Gasteiger partial charge in [0, 0.05) is 36.6 Å². The Bertz CT molecular complexity index is 2120. The summed E-state index contributed by atoms with van der Waals surface area (Å²) < 4.78 is 9.52. The third-order valence-electron chi connectivity index (χ3n) is 9.76. The van der Waals surface area contributed by atoms with Crippen LogP contribution in [0.4, 0.5) is 9.59 Å². The molecule has 14 nitrogen and oxygen atoms in total. The molecule has 2 aliphatic rings. The number of hydrogen-bond donors (Lipinski definition) is 4. The maximum Gasteiger partial charge on any atom is 0.407 e. The first-order valence-corrected chi connectivity index (χ1v) is 18.2. The Balaban J connectivity index is 1.08. The van der Waals surface area contributed by atoms with Crippen molar-refractivity contribution in [2.45, 2.75) is 63.7 Å². The van der Waals surface area contributed by atoms with E-state index in [1.165, 1.54) is 14.2 Å². The fourth-order valence-corrected chi connectivity index (χ4v) is 6.93. The van der Waals surface area contributed by atoms with Crippen LogP contribution in [-0.2, 0) is 19.1 Å². The van der Waals surface area contributed by atoms with Crippen LogP contribution < -0.4 is 10.6 Å². The summed E-state index contributed by atoms with van der Waals surface area (Å²) in [6, 6.07) is 14.6. The predicted molar refractivity (Wildman–Crippen MR) is 203 cm³/mol. The molecule has 284 valence electrons. The van der Waals surface area contributed by atoms with Crippen LogP contribution >= 0.6 is 0 Å². The molecule has 2 aromatic heterocycles. The number of nitrogens with one attached hydrogen (secondary N) is 4. The van der Waals surface area contributed by atoms with Crippen molar-refractivity contribution < 1.29 is 28.7 Å². The lowest BCUT2D eigenvalue weighted by Crippen LogP contribution is -2.51. The zero-order valence-corrected chi connectivity index (χ0v) is 31.2. The van der Waals surface area contributed by atoms with Gasteiger partial charge in [0.05, 0.1) is 32.0 Å². The van der Waals surface area contributed by atoms with Crippen molar-refractivity contribution >= 4 is 24.0 Å². The Morgan fingerprint density at radius 1 is 0.764 bits per heavy atom. The van der Waals surface area contributed by atoms with Crippen LogP contribution in [0.3, 0.4) is 0 Å². The Hall–Kier alpha value is -6.54. The minimum Gasteiger partial charge on any atom is -0.453 e. The van der Waals surface area contributed by atoms with E-state index in [-0.39, 0.29) is 29.8 Å². The lowest BCUT2D eigenvalue weighted by atomic mass is 10.0. The molecule has 2 aliphatic heterocycles. The normalized spacial score (nSPS) is 17.3. The molecule has 14 heteroatoms. The lowest BCUT2D eigenvalue weighted by Gasteiger charge is -2.29. The van der Waals surface area contributed by atoms with E-state index in [0.29, 0.717) is 36.0 Å². The van der Waals surface area contributed by atoms with E-state index in [1.807, 2.05) is 62.5 Å². The van der Waals surface area contributed by atoms with Crippen LogP contribution in [0.1, 0.15) is 86.1 Å². The topological polar surface area (TPSA) is 175 Å². The van der Waals surface area contributed by atoms with Crippen LogP contribution in [0.25, 0.3) is 11.3 Å². The van der Waals surface area contributed by atoms with Gasteiger partial charge in [0.25, 0.3) is 5.91 Å². The highest BCUT2D eigenvalue weighted by atomic mass is 16.5. The van der Waals surface area contributed by atoms with Crippen molar-refractivity contribution in [2.75, 3.05) is 27.3 Å². The van der Waals surface area contributed by atoms with E-state index in [4.69, 9.17) is 14.5 Å². The number of carbonyl (C=O) groups excluding carboxylic acids is 4. The van der Waals surface area contributed by atoms with Gasteiger partial charge in [-0.3, -0.25) is 9.59 Å². The van der Waals surface area contributed by atoms with E-state index in [9.17, 15) is 19.2 Å². The number of H-pyrrole nitrogens is 2. The summed E-state index contributed by atoms with van der Waals surface area (Å²) in [4.78, 5) is 70.6. The molecular formula is C41H44N8O6. The molecule has 6 rings (SSSR count). The smallest absolute Gasteiger partial charge is 0.407 e. The number of likely N-dealkylation sites (tertiary alicyclic amines) is 2. The summed E-state index contributed by atoms with van der Waals surface area (Å²) in [5.74, 6) is 12.6. The van der Waals surface area contributed by atoms with Crippen LogP contribution in [0, 0.1) is 29.6 Å². The maximum absolute atomic E-state index is 13.7. The number of methoxy groups -OCH3 is 2. The summed E-state index contributed by atoms with van der Waals surface area (Å²) in [5.41, 5.74) is 3.57. The van der Waals surface area contributed by atoms with Crippen molar-refractivity contribution in [2.24, 2.45) is 5.92 Å². The average molecular weight is 745 g/mol. The summed E-state index contributed by atoms with van der Waals surface area (Å²) >= 11 is 0. The van der Waals surface area contributed by atoms with E-state index in [2.05, 4.69) is 49.3 Å². The fourth-order valence-electron chi connectivity index (χ4n) is 6.93. The number of alkyl carbamates (subject to hydrolysis) is 2. The van der Waals surface area contributed by atoms with Gasteiger partial charge in [0.15, 0.2) is 0 Å². The van der Waals surface area contributed by atoms with Crippen LogP contribution in [0.5, 0.6) is 0 Å². The van der Waals surface area contributed by atoms with Gasteiger partial charge in [-0.25, -0.2) is 19.6 Å². The number of ether oxygens (including phenoxy) is 2. The van der Waals surface area contributed by atoms with Crippen molar-refractivity contribution in [3.8, 4) is 34.9 Å². The Morgan fingerprint density at radius 3 is 2.02 bits per heavy atom. The number of benzene rings is 2. The molecule has 0 saturated carbocycles. The second kappa shape index (κ2) is 17.5. The van der Waals surface area contributed by atoms with Crippen LogP contribution in [0.2, 0.25) is 0 Å². The van der Waals surface area contributed by atoms with Crippen LogP contribution in [-0.4, -0.2) is 87.1 Å². The number of hydrogen-bond acceptors (Lipinski definition) is 8. The van der Waals surface area contributed by atoms with Gasteiger partial charge in [0.2, 0.25) is 5.91 Å². The highest BCUT2D eigenvalue weighted by Gasteiger charge is 2.38. The Labute approximate surface area is 319 Å². The number of rotatable bonds is 9. The fraction of sp³-hybridized carbons (Fsp3) is 0.366. The molecule has 2 fully saturated rings. The Morgan fingerprint density at radius 2 is 1.36 bits per heavy atom. The van der Waals surface area contributed by atoms with E-state index in [0.717, 1.165) is 42.5 Å². The van der Waals surface area contributed by atoms with Gasteiger partial charge in [-0.2, -0.15) is 0 Å². The first-order chi connectivity index (χ1) is 26.7. The average Bonchev–Trinajstić information content (AvgIpc) is 4.04. The van der Waals surface area contributed by atoms with Gasteiger partial charge in [-0.1, -0.05) is 62.2 Å². The lowest BCUT2D eigenvalue weighted by molar-refractivity contribution is -0.135. The number of carbonyl (C=O) groups is 4. The van der Waals surface area contributed by atoms with Crippen molar-refractivity contribution in [1.82, 2.24) is 40.4 Å². The molecule has 0 radical (unpaired) electrons. The number of aromatic nitrogens is 4. The molecule has 4 N–H and O–H groups in total. The molecule has 4 heterocycles. The minimum absolute atomic E-state index is 0.114. The molecule has 4 atom stereocenters. The van der Waals surface area contributed by atoms with Gasteiger partial charge < -0.3 is 39.9 Å². The maximum atomic E-state index is 13.7. The standard InChI is InChI=1S/C41H44N8O6/c1-26(2)34(46-40(52)54-3)38(50)48-22-11-17-33(48)37-43-25-31(45-37)28-20-18-27(19-21-28)12-8-9-15-30-24-42-36(44-30)32-16-10-23-49(32)39(51)35(47-41(53)55-4)29-13-6-5-7-14-29/h5-7,13-14,18-21,24-26,32-35H,10-11,16-17,22-23H2,1-4H3,(H,42,44)(H,43,45)(H,46,52)(H,47,53)/t32-,33-,34-,35+/m0/s1. The molecule has 4 aromatic rings. The van der Waals surface area contributed by atoms with Gasteiger partial charge in [0.1, 0.15) is 29.4 Å². The minimum atomic E-state index is -0.897. The molecule has 2 aromatic carbocycles. The zero-order chi connectivity index (χ0) is 38.9. The summed E-state index contributed by atoms with van der Waals surface area (Å²) in [6.45, 7) is 4.88. The molecule has 4 amide bonds. The molecule has 0 unspecified atom stereocenters. The predicted octanol–water partition coefficient (Wildman–Crippen LogP) is 5.01. The van der Waals surface area contributed by atoms with Crippen molar-refractivity contribution in [3.05, 3.63) is 95.5 Å². The second-order valence-corrected chi connectivity index (χ2v) is 13.6. The first-order valence-electron chi connectivity index (χ1n) is 18.2. The molecule has 0 bridgehead atoms. The van der Waals surface area contributed by atoms with Crippen molar-refractivity contribution in [3.63, 3.8) is 0 Å². The van der Waals surface area contributed by atoms with Crippen LogP contribution in [0.15, 0.2) is 67.0 Å². The van der Waals surface area contributed by atoms with Gasteiger partial charge >= 0.3 is 12.2 Å². The third-order valence-corrected chi connectivity index (χ3v) is 9.76. The number of aromatic amines is 2. The highest BCUT2D eigenvalue weighted by Crippen LogP contribution is 2.34. The summed E-state index contributed by atoms with van der Waals surface area (Å²) in [7, 11) is 2.54.